The van der Waals surface area contributed by atoms with Gasteiger partial charge in [0.25, 0.3) is 0 Å². The quantitative estimate of drug-likeness (QED) is 0.854. The minimum atomic E-state index is -0.449. The zero-order valence-electron chi connectivity index (χ0n) is 10.2. The summed E-state index contributed by atoms with van der Waals surface area (Å²) in [6.45, 7) is 6.26. The van der Waals surface area contributed by atoms with E-state index >= 15 is 0 Å². The van der Waals surface area contributed by atoms with Gasteiger partial charge in [-0.15, -0.1) is 12.4 Å². The van der Waals surface area contributed by atoms with Gasteiger partial charge >= 0.3 is 0 Å². The molecule has 0 saturated carbocycles. The summed E-state index contributed by atoms with van der Waals surface area (Å²) in [5.41, 5.74) is 8.24. The van der Waals surface area contributed by atoms with Gasteiger partial charge in [0.2, 0.25) is 0 Å². The summed E-state index contributed by atoms with van der Waals surface area (Å²) < 4.78 is 0. The molecular formula is C13H22ClNO. The van der Waals surface area contributed by atoms with E-state index in [0.29, 0.717) is 12.3 Å². The standard InChI is InChI=1S/C13H21NO.ClH/c1-4-12(15)13(14)11-7-5-10(6-8-11)9(2)3;/h5-9,12-13,15H,4,14H2,1-3H3;1H/t12-,13+;/m1./s1. The first-order valence-electron chi connectivity index (χ1n) is 5.59. The summed E-state index contributed by atoms with van der Waals surface area (Å²) in [6, 6.07) is 7.93. The summed E-state index contributed by atoms with van der Waals surface area (Å²) >= 11 is 0. The SMILES string of the molecule is CC[C@@H](O)[C@@H](N)c1ccc(C(C)C)cc1.Cl. The van der Waals surface area contributed by atoms with Crippen molar-refractivity contribution in [1.29, 1.82) is 0 Å². The first-order chi connectivity index (χ1) is 7.06. The molecule has 0 saturated heterocycles. The van der Waals surface area contributed by atoms with E-state index in [1.165, 1.54) is 5.56 Å². The van der Waals surface area contributed by atoms with Gasteiger partial charge in [-0.1, -0.05) is 45.0 Å². The molecule has 1 rings (SSSR count). The van der Waals surface area contributed by atoms with Crippen molar-refractivity contribution < 1.29 is 5.11 Å². The molecule has 1 aromatic carbocycles. The van der Waals surface area contributed by atoms with Crippen LogP contribution in [-0.4, -0.2) is 11.2 Å². The van der Waals surface area contributed by atoms with Crippen molar-refractivity contribution in [1.82, 2.24) is 0 Å². The lowest BCUT2D eigenvalue weighted by molar-refractivity contribution is 0.140. The van der Waals surface area contributed by atoms with Gasteiger partial charge in [0.05, 0.1) is 12.1 Å². The minimum absolute atomic E-state index is 0. The van der Waals surface area contributed by atoms with E-state index in [-0.39, 0.29) is 18.4 Å². The van der Waals surface area contributed by atoms with Crippen LogP contribution in [0.3, 0.4) is 0 Å². The minimum Gasteiger partial charge on any atom is -0.391 e. The molecule has 3 N–H and O–H groups in total. The highest BCUT2D eigenvalue weighted by Crippen LogP contribution is 2.20. The molecule has 3 heteroatoms. The maximum atomic E-state index is 9.63. The van der Waals surface area contributed by atoms with Gasteiger partial charge in [0.1, 0.15) is 0 Å². The third kappa shape index (κ3) is 3.78. The van der Waals surface area contributed by atoms with Crippen LogP contribution in [0, 0.1) is 0 Å². The molecule has 0 aliphatic rings. The Labute approximate surface area is 104 Å². The average molecular weight is 244 g/mol. The van der Waals surface area contributed by atoms with E-state index in [1.807, 2.05) is 19.1 Å². The molecule has 0 spiro atoms. The average Bonchev–Trinajstić information content (AvgIpc) is 2.27. The van der Waals surface area contributed by atoms with Gasteiger partial charge in [0.15, 0.2) is 0 Å². The molecule has 0 heterocycles. The number of hydrogen-bond donors (Lipinski definition) is 2. The fraction of sp³-hybridized carbons (Fsp3) is 0.538. The lowest BCUT2D eigenvalue weighted by atomic mass is 9.96. The zero-order chi connectivity index (χ0) is 11.4. The number of rotatable bonds is 4. The Morgan fingerprint density at radius 3 is 1.94 bits per heavy atom. The second-order valence-corrected chi connectivity index (χ2v) is 4.32. The van der Waals surface area contributed by atoms with Crippen LogP contribution in [0.4, 0.5) is 0 Å². The summed E-state index contributed by atoms with van der Waals surface area (Å²) in [4.78, 5) is 0. The predicted molar refractivity (Wildman–Crippen MR) is 71.0 cm³/mol. The molecule has 92 valence electrons. The molecular weight excluding hydrogens is 222 g/mol. The predicted octanol–water partition coefficient (Wildman–Crippen LogP) is 3.00. The van der Waals surface area contributed by atoms with Gasteiger partial charge in [0, 0.05) is 0 Å². The first-order valence-corrected chi connectivity index (χ1v) is 5.59. The molecule has 0 bridgehead atoms. The number of benzene rings is 1. The maximum Gasteiger partial charge on any atom is 0.0730 e. The topological polar surface area (TPSA) is 46.2 Å². The van der Waals surface area contributed by atoms with E-state index in [2.05, 4.69) is 26.0 Å². The molecule has 0 aromatic heterocycles. The van der Waals surface area contributed by atoms with Crippen LogP contribution in [0.2, 0.25) is 0 Å². The Balaban J connectivity index is 0.00000225. The lowest BCUT2D eigenvalue weighted by Gasteiger charge is -2.18. The van der Waals surface area contributed by atoms with E-state index in [0.717, 1.165) is 5.56 Å². The fourth-order valence-electron chi connectivity index (χ4n) is 1.58. The van der Waals surface area contributed by atoms with Crippen molar-refractivity contribution in [3.05, 3.63) is 35.4 Å². The number of aliphatic hydroxyl groups excluding tert-OH is 1. The number of aliphatic hydroxyl groups is 1. The first kappa shape index (κ1) is 15.4. The lowest BCUT2D eigenvalue weighted by Crippen LogP contribution is -2.25. The van der Waals surface area contributed by atoms with Gasteiger partial charge in [-0.25, -0.2) is 0 Å². The second kappa shape index (κ2) is 6.89. The summed E-state index contributed by atoms with van der Waals surface area (Å²) in [5, 5.41) is 9.63. The van der Waals surface area contributed by atoms with Crippen LogP contribution in [0.1, 0.15) is 50.3 Å². The van der Waals surface area contributed by atoms with Crippen LogP contribution in [0.25, 0.3) is 0 Å². The van der Waals surface area contributed by atoms with E-state index < -0.39 is 6.10 Å². The molecule has 2 nitrogen and oxygen atoms in total. The summed E-state index contributed by atoms with van der Waals surface area (Å²) in [6.07, 6.45) is 0.238. The van der Waals surface area contributed by atoms with Crippen LogP contribution in [-0.2, 0) is 0 Å². The highest BCUT2D eigenvalue weighted by molar-refractivity contribution is 5.85. The normalized spacial score (nSPS) is 14.4. The van der Waals surface area contributed by atoms with Crippen LogP contribution in [0.15, 0.2) is 24.3 Å². The maximum absolute atomic E-state index is 9.63. The van der Waals surface area contributed by atoms with E-state index in [1.54, 1.807) is 0 Å². The highest BCUT2D eigenvalue weighted by Gasteiger charge is 2.14. The number of nitrogens with two attached hydrogens (primary N) is 1. The molecule has 1 aromatic rings. The molecule has 0 fully saturated rings. The van der Waals surface area contributed by atoms with Gasteiger partial charge in [-0.05, 0) is 23.5 Å². The fourth-order valence-corrected chi connectivity index (χ4v) is 1.58. The van der Waals surface area contributed by atoms with Crippen molar-refractivity contribution >= 4 is 12.4 Å². The van der Waals surface area contributed by atoms with E-state index in [4.69, 9.17) is 5.73 Å². The molecule has 0 aliphatic carbocycles. The zero-order valence-corrected chi connectivity index (χ0v) is 11.0. The van der Waals surface area contributed by atoms with Crippen molar-refractivity contribution in [2.24, 2.45) is 5.73 Å². The Hall–Kier alpha value is -0.570. The molecule has 0 aliphatic heterocycles. The monoisotopic (exact) mass is 243 g/mol. The smallest absolute Gasteiger partial charge is 0.0730 e. The molecule has 2 atom stereocenters. The Morgan fingerprint density at radius 2 is 1.56 bits per heavy atom. The van der Waals surface area contributed by atoms with Crippen LogP contribution in [0.5, 0.6) is 0 Å². The van der Waals surface area contributed by atoms with Crippen molar-refractivity contribution in [2.75, 3.05) is 0 Å². The van der Waals surface area contributed by atoms with Crippen molar-refractivity contribution in [3.8, 4) is 0 Å². The van der Waals surface area contributed by atoms with Gasteiger partial charge < -0.3 is 10.8 Å². The van der Waals surface area contributed by atoms with Crippen LogP contribution >= 0.6 is 12.4 Å². The molecule has 16 heavy (non-hydrogen) atoms. The van der Waals surface area contributed by atoms with Crippen molar-refractivity contribution in [3.63, 3.8) is 0 Å². The number of halogens is 1. The molecule has 0 amide bonds. The summed E-state index contributed by atoms with van der Waals surface area (Å²) in [7, 11) is 0. The third-order valence-electron chi connectivity index (χ3n) is 2.82. The Bertz CT molecular complexity index is 297. The number of hydrogen-bond acceptors (Lipinski definition) is 2. The van der Waals surface area contributed by atoms with Gasteiger partial charge in [-0.2, -0.15) is 0 Å². The van der Waals surface area contributed by atoms with Gasteiger partial charge in [-0.3, -0.25) is 0 Å². The largest absolute Gasteiger partial charge is 0.391 e. The second-order valence-electron chi connectivity index (χ2n) is 4.32. The summed E-state index contributed by atoms with van der Waals surface area (Å²) in [5.74, 6) is 0.534. The Morgan fingerprint density at radius 1 is 1.12 bits per heavy atom. The molecule has 0 unspecified atom stereocenters. The van der Waals surface area contributed by atoms with Crippen LogP contribution < -0.4 is 5.73 Å². The highest BCUT2D eigenvalue weighted by atomic mass is 35.5. The molecule has 0 radical (unpaired) electrons. The van der Waals surface area contributed by atoms with E-state index in [9.17, 15) is 5.11 Å². The van der Waals surface area contributed by atoms with Crippen molar-refractivity contribution in [2.45, 2.75) is 45.3 Å². The Kier molecular flexibility index (Phi) is 6.65. The third-order valence-corrected chi connectivity index (χ3v) is 2.82.